The first kappa shape index (κ1) is 21.8. The molecule has 3 aliphatic rings. The fourth-order valence-corrected chi connectivity index (χ4v) is 5.35. The fraction of sp³-hybridized carbons (Fsp3) is 0.913. The molecule has 1 saturated heterocycles. The Morgan fingerprint density at radius 2 is 1.89 bits per heavy atom. The van der Waals surface area contributed by atoms with E-state index in [1.807, 2.05) is 0 Å². The highest BCUT2D eigenvalue weighted by molar-refractivity contribution is 5.86. The van der Waals surface area contributed by atoms with Crippen molar-refractivity contribution < 1.29 is 19.8 Å². The minimum Gasteiger partial charge on any atom is -0.481 e. The maximum Gasteiger partial charge on any atom is 0.303 e. The van der Waals surface area contributed by atoms with Crippen molar-refractivity contribution in [3.63, 3.8) is 0 Å². The van der Waals surface area contributed by atoms with Gasteiger partial charge in [0.2, 0.25) is 0 Å². The number of carboxylic acids is 1. The molecular weight excluding hydrogens is 354 g/mol. The predicted molar refractivity (Wildman–Crippen MR) is 109 cm³/mol. The van der Waals surface area contributed by atoms with E-state index in [-0.39, 0.29) is 24.0 Å². The van der Waals surface area contributed by atoms with Crippen LogP contribution in [0.4, 0.5) is 0 Å². The van der Waals surface area contributed by atoms with Crippen molar-refractivity contribution in [2.24, 2.45) is 11.3 Å². The largest absolute Gasteiger partial charge is 0.481 e. The van der Waals surface area contributed by atoms with Gasteiger partial charge in [0, 0.05) is 19.4 Å². The number of carbonyl (C=O) groups is 2. The molecule has 160 valence electrons. The van der Waals surface area contributed by atoms with Gasteiger partial charge < -0.3 is 10.2 Å². The highest BCUT2D eigenvalue weighted by atomic mass is 16.4. The van der Waals surface area contributed by atoms with E-state index in [0.717, 1.165) is 64.0 Å². The molecule has 0 radical (unpaired) electrons. The van der Waals surface area contributed by atoms with Crippen LogP contribution in [0.2, 0.25) is 0 Å². The predicted octanol–water partition coefficient (Wildman–Crippen LogP) is 4.17. The summed E-state index contributed by atoms with van der Waals surface area (Å²) in [6.07, 6.45) is 14.8. The highest BCUT2D eigenvalue weighted by Gasteiger charge is 2.46. The van der Waals surface area contributed by atoms with E-state index >= 15 is 0 Å². The molecule has 0 amide bonds. The van der Waals surface area contributed by atoms with Gasteiger partial charge in [-0.2, -0.15) is 0 Å². The molecule has 2 aliphatic carbocycles. The van der Waals surface area contributed by atoms with Crippen LogP contribution in [0, 0.1) is 11.3 Å². The van der Waals surface area contributed by atoms with Gasteiger partial charge in [-0.25, -0.2) is 0 Å². The summed E-state index contributed by atoms with van der Waals surface area (Å²) in [5.41, 5.74) is 0.220. The van der Waals surface area contributed by atoms with E-state index in [0.29, 0.717) is 12.2 Å². The molecule has 1 heterocycles. The summed E-state index contributed by atoms with van der Waals surface area (Å²) < 4.78 is 0. The van der Waals surface area contributed by atoms with Crippen molar-refractivity contribution in [2.75, 3.05) is 13.1 Å². The number of unbranched alkanes of at least 4 members (excludes halogenated alkanes) is 3. The van der Waals surface area contributed by atoms with Crippen LogP contribution in [-0.2, 0) is 9.59 Å². The van der Waals surface area contributed by atoms with E-state index in [1.165, 1.54) is 38.5 Å². The Balaban J connectivity index is 1.33. The van der Waals surface area contributed by atoms with Crippen LogP contribution in [0.3, 0.4) is 0 Å². The van der Waals surface area contributed by atoms with Gasteiger partial charge in [-0.3, -0.25) is 14.5 Å². The minimum atomic E-state index is -0.722. The van der Waals surface area contributed by atoms with Crippen molar-refractivity contribution >= 4 is 11.8 Å². The summed E-state index contributed by atoms with van der Waals surface area (Å²) in [7, 11) is 0. The second-order valence-corrected chi connectivity index (χ2v) is 9.64. The van der Waals surface area contributed by atoms with Crippen molar-refractivity contribution in [3.8, 4) is 0 Å². The lowest BCUT2D eigenvalue weighted by Gasteiger charge is -2.46. The van der Waals surface area contributed by atoms with Gasteiger partial charge in [0.1, 0.15) is 0 Å². The number of carboxylic acid groups (broad SMARTS) is 1. The van der Waals surface area contributed by atoms with Crippen LogP contribution in [-0.4, -0.2) is 52.1 Å². The summed E-state index contributed by atoms with van der Waals surface area (Å²) in [4.78, 5) is 25.1. The summed E-state index contributed by atoms with van der Waals surface area (Å²) in [5.74, 6) is 0.529. The van der Waals surface area contributed by atoms with Gasteiger partial charge in [-0.15, -0.1) is 0 Å². The average Bonchev–Trinajstić information content (AvgIpc) is 3.38. The Hall–Kier alpha value is -0.940. The molecule has 0 bridgehead atoms. The first-order valence-electron chi connectivity index (χ1n) is 11.7. The maximum absolute atomic E-state index is 12.3. The number of nitrogens with zero attached hydrogens (tertiary/aromatic N) is 1. The van der Waals surface area contributed by atoms with Crippen molar-refractivity contribution in [3.05, 3.63) is 0 Å². The number of hydrogen-bond donors (Lipinski definition) is 2. The van der Waals surface area contributed by atoms with Crippen LogP contribution < -0.4 is 0 Å². The molecule has 0 aromatic rings. The van der Waals surface area contributed by atoms with Crippen molar-refractivity contribution in [2.45, 2.75) is 108 Å². The van der Waals surface area contributed by atoms with E-state index < -0.39 is 5.97 Å². The lowest BCUT2D eigenvalue weighted by Crippen LogP contribution is -2.42. The molecule has 5 nitrogen and oxygen atoms in total. The Kier molecular flexibility index (Phi) is 7.93. The number of aliphatic hydroxyl groups is 1. The standard InChI is InChI=1S/C23H39NO4/c25-20-12-16-24(19(20)7-3-1-2-4-9-22(27)28)15-5-8-21(26)23(13-6-14-23)17-18-10-11-18/h18-19,21,26H,1-17H2,(H,27,28). The summed E-state index contributed by atoms with van der Waals surface area (Å²) >= 11 is 0. The summed E-state index contributed by atoms with van der Waals surface area (Å²) in [6.45, 7) is 1.79. The zero-order chi connectivity index (χ0) is 20.0. The monoisotopic (exact) mass is 393 g/mol. The van der Waals surface area contributed by atoms with E-state index in [2.05, 4.69) is 4.90 Å². The van der Waals surface area contributed by atoms with Crippen LogP contribution >= 0.6 is 0 Å². The minimum absolute atomic E-state index is 0.0562. The lowest BCUT2D eigenvalue weighted by atomic mass is 9.61. The first-order chi connectivity index (χ1) is 13.5. The number of aliphatic carboxylic acids is 1. The molecule has 2 unspecified atom stereocenters. The second kappa shape index (κ2) is 10.2. The third-order valence-corrected chi connectivity index (χ3v) is 7.45. The molecular formula is C23H39NO4. The van der Waals surface area contributed by atoms with Gasteiger partial charge in [0.25, 0.3) is 0 Å². The zero-order valence-electron chi connectivity index (χ0n) is 17.4. The number of hydrogen-bond acceptors (Lipinski definition) is 4. The SMILES string of the molecule is O=C(O)CCCCCCC1C(=O)CCN1CCCC(O)C1(CC2CC2)CCC1. The van der Waals surface area contributed by atoms with Gasteiger partial charge in [0.15, 0.2) is 5.78 Å². The number of carbonyl (C=O) groups excluding carboxylic acids is 1. The van der Waals surface area contributed by atoms with Crippen LogP contribution in [0.15, 0.2) is 0 Å². The van der Waals surface area contributed by atoms with Crippen molar-refractivity contribution in [1.82, 2.24) is 4.90 Å². The molecule has 3 rings (SSSR count). The van der Waals surface area contributed by atoms with Crippen LogP contribution in [0.25, 0.3) is 0 Å². The Labute approximate surface area is 169 Å². The molecule has 2 N–H and O–H groups in total. The van der Waals surface area contributed by atoms with Gasteiger partial charge in [-0.05, 0) is 62.8 Å². The van der Waals surface area contributed by atoms with E-state index in [9.17, 15) is 14.7 Å². The highest BCUT2D eigenvalue weighted by Crippen LogP contribution is 2.53. The average molecular weight is 394 g/mol. The normalized spacial score (nSPS) is 25.6. The Morgan fingerprint density at radius 1 is 1.14 bits per heavy atom. The molecule has 0 aromatic carbocycles. The summed E-state index contributed by atoms with van der Waals surface area (Å²) in [5, 5.41) is 19.5. The fourth-order valence-electron chi connectivity index (χ4n) is 5.35. The lowest BCUT2D eigenvalue weighted by molar-refractivity contribution is -0.137. The molecule has 28 heavy (non-hydrogen) atoms. The van der Waals surface area contributed by atoms with Crippen molar-refractivity contribution in [1.29, 1.82) is 0 Å². The van der Waals surface area contributed by atoms with Gasteiger partial charge in [0.05, 0.1) is 12.1 Å². The smallest absolute Gasteiger partial charge is 0.303 e. The zero-order valence-corrected chi connectivity index (χ0v) is 17.4. The van der Waals surface area contributed by atoms with Crippen LogP contribution in [0.5, 0.6) is 0 Å². The first-order valence-corrected chi connectivity index (χ1v) is 11.7. The third-order valence-electron chi connectivity index (χ3n) is 7.45. The topological polar surface area (TPSA) is 77.8 Å². The summed E-state index contributed by atoms with van der Waals surface area (Å²) in [6, 6.07) is 0.0562. The molecule has 0 aromatic heterocycles. The van der Waals surface area contributed by atoms with Crippen LogP contribution in [0.1, 0.15) is 96.3 Å². The van der Waals surface area contributed by atoms with E-state index in [1.54, 1.807) is 0 Å². The molecule has 2 atom stereocenters. The molecule has 1 aliphatic heterocycles. The van der Waals surface area contributed by atoms with Gasteiger partial charge in [-0.1, -0.05) is 38.5 Å². The molecule has 5 heteroatoms. The molecule has 0 spiro atoms. The Morgan fingerprint density at radius 3 is 2.54 bits per heavy atom. The van der Waals surface area contributed by atoms with E-state index in [4.69, 9.17) is 5.11 Å². The molecule has 3 fully saturated rings. The number of likely N-dealkylation sites (tertiary alicyclic amines) is 1. The Bertz CT molecular complexity index is 527. The van der Waals surface area contributed by atoms with Gasteiger partial charge >= 0.3 is 5.97 Å². The number of rotatable bonds is 14. The number of ketones is 1. The number of aliphatic hydroxyl groups excluding tert-OH is 1. The molecule has 2 saturated carbocycles. The third kappa shape index (κ3) is 6.03. The maximum atomic E-state index is 12.3. The quantitative estimate of drug-likeness (QED) is 0.433. The second-order valence-electron chi connectivity index (χ2n) is 9.64. The number of Topliss-reactive ketones (excluding diaryl/α,β-unsaturated/α-hetero) is 1.